The Morgan fingerprint density at radius 1 is 1.00 bits per heavy atom. The van der Waals surface area contributed by atoms with E-state index in [0.29, 0.717) is 6.10 Å². The lowest BCUT2D eigenvalue weighted by molar-refractivity contribution is -0.0128. The van der Waals surface area contributed by atoms with Crippen LogP contribution in [0.5, 0.6) is 0 Å². The molecule has 0 aromatic carbocycles. The SMILES string of the molecule is CC1CC(C)CC(OCC(N)C2CCCCC2)C1. The predicted molar refractivity (Wildman–Crippen MR) is 76.5 cm³/mol. The van der Waals surface area contributed by atoms with Crippen LogP contribution in [0, 0.1) is 17.8 Å². The number of hydrogen-bond donors (Lipinski definition) is 1. The monoisotopic (exact) mass is 253 g/mol. The predicted octanol–water partition coefficient (Wildman–Crippen LogP) is 3.74. The van der Waals surface area contributed by atoms with E-state index in [1.165, 1.54) is 51.4 Å². The third kappa shape index (κ3) is 4.24. The minimum Gasteiger partial charge on any atom is -0.377 e. The molecular formula is C16H31NO. The molecule has 0 aromatic heterocycles. The van der Waals surface area contributed by atoms with Gasteiger partial charge in [0.15, 0.2) is 0 Å². The van der Waals surface area contributed by atoms with E-state index in [2.05, 4.69) is 13.8 Å². The molecule has 2 aliphatic rings. The van der Waals surface area contributed by atoms with Crippen molar-refractivity contribution in [3.05, 3.63) is 0 Å². The molecule has 0 aromatic rings. The Hall–Kier alpha value is -0.0800. The van der Waals surface area contributed by atoms with E-state index in [1.807, 2.05) is 0 Å². The second-order valence-electron chi connectivity index (χ2n) is 6.93. The summed E-state index contributed by atoms with van der Waals surface area (Å²) in [6, 6.07) is 0.276. The molecule has 0 radical (unpaired) electrons. The zero-order valence-corrected chi connectivity index (χ0v) is 12.2. The summed E-state index contributed by atoms with van der Waals surface area (Å²) in [6.45, 7) is 5.49. The van der Waals surface area contributed by atoms with Crippen LogP contribution in [-0.2, 0) is 4.74 Å². The van der Waals surface area contributed by atoms with E-state index >= 15 is 0 Å². The first kappa shape index (κ1) is 14.3. The van der Waals surface area contributed by atoms with E-state index < -0.39 is 0 Å². The number of ether oxygens (including phenoxy) is 1. The largest absolute Gasteiger partial charge is 0.377 e. The Morgan fingerprint density at radius 3 is 2.22 bits per heavy atom. The van der Waals surface area contributed by atoms with Crippen molar-refractivity contribution in [1.29, 1.82) is 0 Å². The van der Waals surface area contributed by atoms with Gasteiger partial charge in [-0.15, -0.1) is 0 Å². The van der Waals surface area contributed by atoms with Crippen molar-refractivity contribution >= 4 is 0 Å². The second kappa shape index (κ2) is 6.91. The molecule has 0 heterocycles. The molecular weight excluding hydrogens is 222 g/mol. The van der Waals surface area contributed by atoms with Crippen molar-refractivity contribution in [1.82, 2.24) is 0 Å². The van der Waals surface area contributed by atoms with Crippen LogP contribution < -0.4 is 5.73 Å². The van der Waals surface area contributed by atoms with Gasteiger partial charge in [0.2, 0.25) is 0 Å². The first-order valence-corrected chi connectivity index (χ1v) is 8.02. The van der Waals surface area contributed by atoms with Gasteiger partial charge in [-0.05, 0) is 49.9 Å². The third-order valence-corrected chi connectivity index (χ3v) is 4.91. The third-order valence-electron chi connectivity index (χ3n) is 4.91. The molecule has 0 bridgehead atoms. The lowest BCUT2D eigenvalue weighted by atomic mass is 9.81. The average Bonchev–Trinajstić information content (AvgIpc) is 2.36. The maximum absolute atomic E-state index is 6.31. The molecule has 2 aliphatic carbocycles. The van der Waals surface area contributed by atoms with Crippen molar-refractivity contribution in [2.45, 2.75) is 77.4 Å². The van der Waals surface area contributed by atoms with Crippen LogP contribution >= 0.6 is 0 Å². The Bertz CT molecular complexity index is 227. The molecule has 3 atom stereocenters. The summed E-state index contributed by atoms with van der Waals surface area (Å²) in [4.78, 5) is 0. The van der Waals surface area contributed by atoms with Crippen molar-refractivity contribution in [3.63, 3.8) is 0 Å². The number of nitrogens with two attached hydrogens (primary N) is 1. The van der Waals surface area contributed by atoms with E-state index in [-0.39, 0.29) is 6.04 Å². The Labute approximate surface area is 113 Å². The fourth-order valence-corrected chi connectivity index (χ4v) is 3.95. The molecule has 0 spiro atoms. The molecule has 2 heteroatoms. The van der Waals surface area contributed by atoms with Gasteiger partial charge < -0.3 is 10.5 Å². The van der Waals surface area contributed by atoms with Gasteiger partial charge in [0, 0.05) is 6.04 Å². The van der Waals surface area contributed by atoms with E-state index in [4.69, 9.17) is 10.5 Å². The van der Waals surface area contributed by atoms with Crippen molar-refractivity contribution in [2.75, 3.05) is 6.61 Å². The van der Waals surface area contributed by atoms with Crippen LogP contribution in [0.2, 0.25) is 0 Å². The van der Waals surface area contributed by atoms with Gasteiger partial charge in [-0.1, -0.05) is 33.1 Å². The highest BCUT2D eigenvalue weighted by molar-refractivity contribution is 4.79. The Kier molecular flexibility index (Phi) is 5.50. The zero-order valence-electron chi connectivity index (χ0n) is 12.2. The summed E-state index contributed by atoms with van der Waals surface area (Å²) < 4.78 is 6.11. The number of rotatable bonds is 4. The van der Waals surface area contributed by atoms with Crippen LogP contribution in [0.4, 0.5) is 0 Å². The van der Waals surface area contributed by atoms with Crippen LogP contribution in [0.25, 0.3) is 0 Å². The van der Waals surface area contributed by atoms with E-state index in [9.17, 15) is 0 Å². The molecule has 0 amide bonds. The molecule has 3 unspecified atom stereocenters. The van der Waals surface area contributed by atoms with Crippen molar-refractivity contribution in [3.8, 4) is 0 Å². The normalized spacial score (nSPS) is 36.5. The first-order chi connectivity index (χ1) is 8.65. The van der Waals surface area contributed by atoms with Crippen LogP contribution in [0.15, 0.2) is 0 Å². The van der Waals surface area contributed by atoms with Gasteiger partial charge in [-0.3, -0.25) is 0 Å². The van der Waals surface area contributed by atoms with Crippen LogP contribution in [0.3, 0.4) is 0 Å². The topological polar surface area (TPSA) is 35.2 Å². The quantitative estimate of drug-likeness (QED) is 0.828. The molecule has 2 fully saturated rings. The molecule has 2 rings (SSSR count). The highest BCUT2D eigenvalue weighted by Crippen LogP contribution is 2.31. The van der Waals surface area contributed by atoms with Gasteiger partial charge in [0.1, 0.15) is 0 Å². The Balaban J connectivity index is 1.69. The molecule has 106 valence electrons. The van der Waals surface area contributed by atoms with E-state index in [0.717, 1.165) is 24.4 Å². The molecule has 18 heavy (non-hydrogen) atoms. The lowest BCUT2D eigenvalue weighted by Gasteiger charge is -2.33. The average molecular weight is 253 g/mol. The van der Waals surface area contributed by atoms with Crippen LogP contribution in [0.1, 0.15) is 65.2 Å². The lowest BCUT2D eigenvalue weighted by Crippen LogP contribution is -2.38. The molecule has 2 nitrogen and oxygen atoms in total. The van der Waals surface area contributed by atoms with Gasteiger partial charge in [-0.25, -0.2) is 0 Å². The van der Waals surface area contributed by atoms with Gasteiger partial charge in [0.25, 0.3) is 0 Å². The summed E-state index contributed by atoms with van der Waals surface area (Å²) in [5.41, 5.74) is 6.31. The zero-order chi connectivity index (χ0) is 13.0. The molecule has 0 aliphatic heterocycles. The van der Waals surface area contributed by atoms with Gasteiger partial charge in [0.05, 0.1) is 12.7 Å². The molecule has 2 N–H and O–H groups in total. The van der Waals surface area contributed by atoms with Crippen LogP contribution in [-0.4, -0.2) is 18.8 Å². The molecule has 2 saturated carbocycles. The summed E-state index contributed by atoms with van der Waals surface area (Å²) in [5.74, 6) is 2.37. The standard InChI is InChI=1S/C16H31NO/c1-12-8-13(2)10-15(9-12)18-11-16(17)14-6-4-3-5-7-14/h12-16H,3-11,17H2,1-2H3. The maximum Gasteiger partial charge on any atom is 0.0623 e. The smallest absolute Gasteiger partial charge is 0.0623 e. The van der Waals surface area contributed by atoms with Gasteiger partial charge >= 0.3 is 0 Å². The number of hydrogen-bond acceptors (Lipinski definition) is 2. The summed E-state index contributed by atoms with van der Waals surface area (Å²) >= 11 is 0. The summed E-state index contributed by atoms with van der Waals surface area (Å²) in [5, 5.41) is 0. The first-order valence-electron chi connectivity index (χ1n) is 8.02. The van der Waals surface area contributed by atoms with Crippen molar-refractivity contribution in [2.24, 2.45) is 23.5 Å². The summed E-state index contributed by atoms with van der Waals surface area (Å²) in [7, 11) is 0. The maximum atomic E-state index is 6.31. The second-order valence-corrected chi connectivity index (χ2v) is 6.93. The highest BCUT2D eigenvalue weighted by atomic mass is 16.5. The fourth-order valence-electron chi connectivity index (χ4n) is 3.95. The van der Waals surface area contributed by atoms with E-state index in [1.54, 1.807) is 0 Å². The van der Waals surface area contributed by atoms with Gasteiger partial charge in [-0.2, -0.15) is 0 Å². The minimum absolute atomic E-state index is 0.276. The fraction of sp³-hybridized carbons (Fsp3) is 1.00. The molecule has 0 saturated heterocycles. The minimum atomic E-state index is 0.276. The summed E-state index contributed by atoms with van der Waals surface area (Å²) in [6.07, 6.45) is 11.1. The van der Waals surface area contributed by atoms with Crippen molar-refractivity contribution < 1.29 is 4.74 Å². The Morgan fingerprint density at radius 2 is 1.61 bits per heavy atom. The highest BCUT2D eigenvalue weighted by Gasteiger charge is 2.26.